The average molecular weight is 498 g/mol. The highest BCUT2D eigenvalue weighted by atomic mass is 16.6. The number of anilines is 1. The third-order valence-electron chi connectivity index (χ3n) is 7.52. The number of esters is 1. The summed E-state index contributed by atoms with van der Waals surface area (Å²) < 4.78 is 11.4. The number of allylic oxidation sites excluding steroid dienone is 2. The number of ether oxygens (including phenoxy) is 2. The zero-order chi connectivity index (χ0) is 25.8. The Kier molecular flexibility index (Phi) is 7.59. The van der Waals surface area contributed by atoms with Crippen LogP contribution in [0.1, 0.15) is 81.8 Å². The molecule has 2 aliphatic rings. The molecule has 3 aromatic rings. The monoisotopic (exact) mass is 497 g/mol. The summed E-state index contributed by atoms with van der Waals surface area (Å²) in [6.45, 7) is 2.18. The number of carbonyl (C=O) groups is 2. The Hall–Kier alpha value is -3.60. The van der Waals surface area contributed by atoms with E-state index in [1.54, 1.807) is 7.11 Å². The highest BCUT2D eigenvalue weighted by Gasteiger charge is 2.36. The van der Waals surface area contributed by atoms with E-state index >= 15 is 0 Å². The molecule has 0 radical (unpaired) electrons. The van der Waals surface area contributed by atoms with Crippen molar-refractivity contribution in [1.82, 2.24) is 0 Å². The second kappa shape index (κ2) is 11.2. The molecule has 1 aliphatic heterocycles. The van der Waals surface area contributed by atoms with Crippen LogP contribution in [0.3, 0.4) is 0 Å². The van der Waals surface area contributed by atoms with Gasteiger partial charge in [-0.15, -0.1) is 0 Å². The van der Waals surface area contributed by atoms with Crippen molar-refractivity contribution < 1.29 is 19.1 Å². The van der Waals surface area contributed by atoms with Crippen LogP contribution in [0.25, 0.3) is 10.8 Å². The minimum absolute atomic E-state index is 0.190. The first-order valence-electron chi connectivity index (χ1n) is 13.5. The predicted octanol–water partition coefficient (Wildman–Crippen LogP) is 7.68. The molecule has 0 bridgehead atoms. The number of Topliss-reactive ketones (excluding diaryl/α,β-unsaturated/α-hetero) is 1. The van der Waals surface area contributed by atoms with Crippen molar-refractivity contribution in [3.63, 3.8) is 0 Å². The van der Waals surface area contributed by atoms with Gasteiger partial charge in [0.2, 0.25) is 0 Å². The zero-order valence-electron chi connectivity index (χ0n) is 21.8. The quantitative estimate of drug-likeness (QED) is 0.187. The highest BCUT2D eigenvalue weighted by Crippen LogP contribution is 2.49. The van der Waals surface area contributed by atoms with E-state index < -0.39 is 0 Å². The highest BCUT2D eigenvalue weighted by molar-refractivity contribution is 6.04. The number of benzene rings is 3. The van der Waals surface area contributed by atoms with Gasteiger partial charge in [-0.3, -0.25) is 9.59 Å². The zero-order valence-corrected chi connectivity index (χ0v) is 21.8. The molecule has 5 heteroatoms. The Morgan fingerprint density at radius 2 is 1.81 bits per heavy atom. The van der Waals surface area contributed by atoms with Crippen molar-refractivity contribution in [2.45, 2.75) is 70.6 Å². The first-order chi connectivity index (χ1) is 18.1. The van der Waals surface area contributed by atoms with Crippen LogP contribution in [0.4, 0.5) is 5.69 Å². The van der Waals surface area contributed by atoms with Crippen LogP contribution >= 0.6 is 0 Å². The number of ketones is 1. The molecule has 0 amide bonds. The van der Waals surface area contributed by atoms with Crippen LogP contribution in [0.2, 0.25) is 0 Å². The summed E-state index contributed by atoms with van der Waals surface area (Å²) in [5.41, 5.74) is 4.95. The number of carbonyl (C=O) groups excluding carboxylic acids is 2. The third-order valence-corrected chi connectivity index (χ3v) is 7.52. The van der Waals surface area contributed by atoms with E-state index in [9.17, 15) is 9.59 Å². The third kappa shape index (κ3) is 5.13. The molecule has 0 aromatic heterocycles. The van der Waals surface area contributed by atoms with Gasteiger partial charge in [-0.2, -0.15) is 0 Å². The lowest BCUT2D eigenvalue weighted by molar-refractivity contribution is -0.134. The van der Waals surface area contributed by atoms with Gasteiger partial charge in [0, 0.05) is 35.7 Å². The van der Waals surface area contributed by atoms with Crippen molar-refractivity contribution in [1.29, 1.82) is 0 Å². The normalized spacial score (nSPS) is 16.7. The van der Waals surface area contributed by atoms with Crippen LogP contribution in [-0.2, 0) is 9.59 Å². The number of nitrogens with one attached hydrogen (secondary N) is 1. The Morgan fingerprint density at radius 1 is 0.973 bits per heavy atom. The Labute approximate surface area is 218 Å². The molecule has 0 saturated carbocycles. The molecule has 1 heterocycles. The SMILES string of the molecule is CCCCCCCC(=O)Oc1ccc(C2C3=C(CCCC3=O)Nc3ccc4ccccc4c32)cc1OC. The number of methoxy groups -OCH3 is 1. The lowest BCUT2D eigenvalue weighted by Crippen LogP contribution is -2.27. The fourth-order valence-electron chi connectivity index (χ4n) is 5.68. The predicted molar refractivity (Wildman–Crippen MR) is 147 cm³/mol. The summed E-state index contributed by atoms with van der Waals surface area (Å²) in [5.74, 6) is 0.647. The molecule has 37 heavy (non-hydrogen) atoms. The number of hydrogen-bond donors (Lipinski definition) is 1. The number of fused-ring (bicyclic) bond motifs is 3. The second-order valence-corrected chi connectivity index (χ2v) is 10.0. The molecular weight excluding hydrogens is 462 g/mol. The van der Waals surface area contributed by atoms with E-state index in [1.807, 2.05) is 30.3 Å². The molecule has 1 atom stereocenters. The van der Waals surface area contributed by atoms with Crippen molar-refractivity contribution in [2.75, 3.05) is 12.4 Å². The van der Waals surface area contributed by atoms with Crippen LogP contribution in [0, 0.1) is 0 Å². The maximum absolute atomic E-state index is 13.3. The van der Waals surface area contributed by atoms with Gasteiger partial charge < -0.3 is 14.8 Å². The summed E-state index contributed by atoms with van der Waals surface area (Å²) >= 11 is 0. The van der Waals surface area contributed by atoms with Gasteiger partial charge in [0.05, 0.1) is 7.11 Å². The lowest BCUT2D eigenvalue weighted by atomic mass is 9.74. The number of unbranched alkanes of at least 4 members (excludes halogenated alkanes) is 4. The first-order valence-corrected chi connectivity index (χ1v) is 13.5. The minimum Gasteiger partial charge on any atom is -0.493 e. The van der Waals surface area contributed by atoms with Gasteiger partial charge in [0.25, 0.3) is 0 Å². The first kappa shape index (κ1) is 25.1. The summed E-state index contributed by atoms with van der Waals surface area (Å²) in [4.78, 5) is 25.8. The van der Waals surface area contributed by atoms with Gasteiger partial charge in [0.15, 0.2) is 17.3 Å². The van der Waals surface area contributed by atoms with Crippen molar-refractivity contribution in [3.05, 3.63) is 77.0 Å². The molecule has 1 aliphatic carbocycles. The van der Waals surface area contributed by atoms with Crippen LogP contribution in [0.15, 0.2) is 65.9 Å². The summed E-state index contributed by atoms with van der Waals surface area (Å²) in [5, 5.41) is 5.84. The Bertz CT molecular complexity index is 1360. The summed E-state index contributed by atoms with van der Waals surface area (Å²) in [6.07, 6.45) is 8.05. The van der Waals surface area contributed by atoms with Gasteiger partial charge in [-0.05, 0) is 59.4 Å². The number of hydrogen-bond acceptors (Lipinski definition) is 5. The lowest BCUT2D eigenvalue weighted by Gasteiger charge is -2.35. The van der Waals surface area contributed by atoms with Gasteiger partial charge >= 0.3 is 5.97 Å². The fourth-order valence-corrected chi connectivity index (χ4v) is 5.68. The molecule has 0 fully saturated rings. The molecular formula is C32H35NO4. The smallest absolute Gasteiger partial charge is 0.311 e. The van der Waals surface area contributed by atoms with Crippen molar-refractivity contribution in [3.8, 4) is 11.5 Å². The molecule has 5 nitrogen and oxygen atoms in total. The van der Waals surface area contributed by atoms with E-state index in [1.165, 1.54) is 12.8 Å². The largest absolute Gasteiger partial charge is 0.493 e. The van der Waals surface area contributed by atoms with E-state index in [0.717, 1.165) is 71.0 Å². The maximum Gasteiger partial charge on any atom is 0.311 e. The van der Waals surface area contributed by atoms with Crippen molar-refractivity contribution in [2.24, 2.45) is 0 Å². The molecule has 3 aromatic carbocycles. The van der Waals surface area contributed by atoms with Gasteiger partial charge in [-0.25, -0.2) is 0 Å². The van der Waals surface area contributed by atoms with E-state index in [2.05, 4.69) is 36.5 Å². The molecule has 192 valence electrons. The maximum atomic E-state index is 13.3. The topological polar surface area (TPSA) is 64.6 Å². The molecule has 1 N–H and O–H groups in total. The molecule has 0 spiro atoms. The standard InChI is InChI=1S/C32H35NO4/c1-3-4-5-6-7-15-29(35)37-27-19-17-22(20-28(27)36-2)30-31-23-12-9-8-11-21(23)16-18-25(31)33-24-13-10-14-26(34)32(24)30/h8-9,11-12,16-20,30,33H,3-7,10,13-15H2,1-2H3. The summed E-state index contributed by atoms with van der Waals surface area (Å²) in [6, 6.07) is 18.2. The molecule has 1 unspecified atom stereocenters. The fraction of sp³-hybridized carbons (Fsp3) is 0.375. The Balaban J connectivity index is 1.50. The average Bonchev–Trinajstić information content (AvgIpc) is 2.92. The van der Waals surface area contributed by atoms with E-state index in [0.29, 0.717) is 24.3 Å². The van der Waals surface area contributed by atoms with Gasteiger partial charge in [0.1, 0.15) is 0 Å². The van der Waals surface area contributed by atoms with E-state index in [4.69, 9.17) is 9.47 Å². The Morgan fingerprint density at radius 3 is 2.65 bits per heavy atom. The van der Waals surface area contributed by atoms with Gasteiger partial charge in [-0.1, -0.05) is 69.0 Å². The van der Waals surface area contributed by atoms with E-state index in [-0.39, 0.29) is 17.7 Å². The molecule has 5 rings (SSSR count). The van der Waals surface area contributed by atoms with Crippen LogP contribution in [0.5, 0.6) is 11.5 Å². The molecule has 0 saturated heterocycles. The minimum atomic E-state index is -0.242. The van der Waals surface area contributed by atoms with Crippen molar-refractivity contribution >= 4 is 28.2 Å². The second-order valence-electron chi connectivity index (χ2n) is 10.0. The number of rotatable bonds is 9. The summed E-state index contributed by atoms with van der Waals surface area (Å²) in [7, 11) is 1.59. The van der Waals surface area contributed by atoms with Crippen LogP contribution < -0.4 is 14.8 Å². The van der Waals surface area contributed by atoms with Crippen LogP contribution in [-0.4, -0.2) is 18.9 Å².